The fourth-order valence-corrected chi connectivity index (χ4v) is 5.65. The van der Waals surface area contributed by atoms with E-state index >= 15 is 0 Å². The number of nitrogens with one attached hydrogen (secondary N) is 2. The van der Waals surface area contributed by atoms with E-state index in [1.807, 2.05) is 6.07 Å². The number of anilines is 2. The molecule has 2 fully saturated rings. The molecule has 2 heterocycles. The van der Waals surface area contributed by atoms with Gasteiger partial charge in [0.25, 0.3) is 11.8 Å². The Hall–Kier alpha value is -4.57. The summed E-state index contributed by atoms with van der Waals surface area (Å²) in [7, 11) is 0. The third-order valence-electron chi connectivity index (χ3n) is 7.23. The molecule has 9 nitrogen and oxygen atoms in total. The molecule has 1 aromatic heterocycles. The lowest BCUT2D eigenvalue weighted by Crippen LogP contribution is -2.63. The lowest BCUT2D eigenvalue weighted by molar-refractivity contribution is -0.136. The van der Waals surface area contributed by atoms with Crippen molar-refractivity contribution in [2.45, 2.75) is 49.1 Å². The summed E-state index contributed by atoms with van der Waals surface area (Å²) in [4.78, 5) is 50.8. The van der Waals surface area contributed by atoms with Crippen molar-refractivity contribution >= 4 is 41.0 Å². The van der Waals surface area contributed by atoms with Crippen LogP contribution in [0.2, 0.25) is 5.02 Å². The van der Waals surface area contributed by atoms with Crippen LogP contribution in [0, 0.1) is 23.0 Å². The number of benzene rings is 2. The van der Waals surface area contributed by atoms with E-state index in [-0.39, 0.29) is 34.8 Å². The lowest BCUT2D eigenvalue weighted by Gasteiger charge is -2.43. The first-order valence-corrected chi connectivity index (χ1v) is 13.1. The van der Waals surface area contributed by atoms with Gasteiger partial charge < -0.3 is 10.6 Å². The maximum absolute atomic E-state index is 14.3. The first-order chi connectivity index (χ1) is 19.9. The minimum absolute atomic E-state index is 0.0200. The zero-order valence-corrected chi connectivity index (χ0v) is 22.3. The van der Waals surface area contributed by atoms with Gasteiger partial charge in [-0.2, -0.15) is 5.26 Å². The van der Waals surface area contributed by atoms with Gasteiger partial charge in [0.05, 0.1) is 5.92 Å². The molecule has 1 saturated carbocycles. The van der Waals surface area contributed by atoms with Gasteiger partial charge in [-0.15, -0.1) is 0 Å². The Labute approximate surface area is 241 Å². The van der Waals surface area contributed by atoms with E-state index in [0.717, 1.165) is 17.0 Å². The largest absolute Gasteiger partial charge is 0.352 e. The molecule has 3 amide bonds. The van der Waals surface area contributed by atoms with E-state index < -0.39 is 71.6 Å². The van der Waals surface area contributed by atoms with Crippen LogP contribution in [-0.2, 0) is 14.4 Å². The Kier molecular flexibility index (Phi) is 7.59. The zero-order valence-electron chi connectivity index (χ0n) is 21.6. The molecule has 1 unspecified atom stereocenters. The normalized spacial score (nSPS) is 20.4. The second kappa shape index (κ2) is 11.0. The van der Waals surface area contributed by atoms with Crippen LogP contribution in [0.5, 0.6) is 0 Å². The van der Waals surface area contributed by atoms with Crippen LogP contribution >= 0.6 is 11.6 Å². The van der Waals surface area contributed by atoms with Gasteiger partial charge in [0, 0.05) is 48.3 Å². The molecule has 3 aromatic rings. The first-order valence-electron chi connectivity index (χ1n) is 12.7. The molecule has 1 aliphatic heterocycles. The highest BCUT2D eigenvalue weighted by molar-refractivity contribution is 6.32. The minimum atomic E-state index is -2.98. The molecule has 14 heteroatoms. The number of nitrogens with zero attached hydrogens (tertiary/aromatic N) is 4. The smallest absolute Gasteiger partial charge is 0.252 e. The molecule has 1 aliphatic carbocycles. The Morgan fingerprint density at radius 1 is 1.12 bits per heavy atom. The fourth-order valence-electron chi connectivity index (χ4n) is 5.41. The summed E-state index contributed by atoms with van der Waals surface area (Å²) in [6, 6.07) is 10.4. The van der Waals surface area contributed by atoms with Crippen molar-refractivity contribution in [2.75, 3.05) is 10.2 Å². The number of carbonyl (C=O) groups is 3. The second-order valence-electron chi connectivity index (χ2n) is 10.0. The Morgan fingerprint density at radius 2 is 1.81 bits per heavy atom. The van der Waals surface area contributed by atoms with E-state index in [1.165, 1.54) is 30.5 Å². The summed E-state index contributed by atoms with van der Waals surface area (Å²) < 4.78 is 55.4. The van der Waals surface area contributed by atoms with E-state index in [9.17, 15) is 37.2 Å². The highest BCUT2D eigenvalue weighted by atomic mass is 35.5. The van der Waals surface area contributed by atoms with Gasteiger partial charge in [-0.3, -0.25) is 19.3 Å². The van der Waals surface area contributed by atoms with E-state index in [1.54, 1.807) is 6.07 Å². The van der Waals surface area contributed by atoms with Crippen LogP contribution < -0.4 is 15.5 Å². The number of halogens is 5. The quantitative estimate of drug-likeness (QED) is 0.385. The topological polar surface area (TPSA) is 128 Å². The van der Waals surface area contributed by atoms with Gasteiger partial charge in [-0.05, 0) is 36.2 Å². The SMILES string of the molecule is N#Cc1ccnc(N2C(=O)CCC2(C(=O)Nc2cc(F)cc(F)c2)[C@@H](C(=O)NC2CC(F)(F)C2)c2ccccc2Cl)n1. The molecule has 0 radical (unpaired) electrons. The highest BCUT2D eigenvalue weighted by Crippen LogP contribution is 2.47. The molecule has 0 spiro atoms. The average molecular weight is 601 g/mol. The van der Waals surface area contributed by atoms with Gasteiger partial charge >= 0.3 is 0 Å². The zero-order chi connectivity index (χ0) is 30.2. The Morgan fingerprint density at radius 3 is 2.45 bits per heavy atom. The molecule has 5 rings (SSSR count). The Bertz CT molecular complexity index is 1600. The summed E-state index contributed by atoms with van der Waals surface area (Å²) in [6.45, 7) is 0. The molecule has 2 aliphatic rings. The molecule has 0 bridgehead atoms. The molecule has 2 aromatic carbocycles. The summed E-state index contributed by atoms with van der Waals surface area (Å²) in [5, 5.41) is 14.4. The third kappa shape index (κ3) is 5.37. The maximum Gasteiger partial charge on any atom is 0.252 e. The van der Waals surface area contributed by atoms with Crippen molar-refractivity contribution in [3.05, 3.63) is 82.6 Å². The van der Waals surface area contributed by atoms with E-state index in [2.05, 4.69) is 20.6 Å². The van der Waals surface area contributed by atoms with Crippen LogP contribution in [0.1, 0.15) is 42.9 Å². The van der Waals surface area contributed by atoms with Crippen molar-refractivity contribution < 1.29 is 31.9 Å². The van der Waals surface area contributed by atoms with Crippen LogP contribution in [-0.4, -0.2) is 45.2 Å². The fraction of sp³-hybridized carbons (Fsp3) is 0.286. The number of amides is 3. The number of carbonyl (C=O) groups excluding carboxylic acids is 3. The molecule has 216 valence electrons. The van der Waals surface area contributed by atoms with Gasteiger partial charge in [0.2, 0.25) is 17.8 Å². The summed E-state index contributed by atoms with van der Waals surface area (Å²) in [6.07, 6.45) is -0.726. The van der Waals surface area contributed by atoms with Crippen LogP contribution in [0.4, 0.5) is 29.2 Å². The monoisotopic (exact) mass is 600 g/mol. The highest BCUT2D eigenvalue weighted by Gasteiger charge is 2.61. The van der Waals surface area contributed by atoms with Gasteiger partial charge in [0.1, 0.15) is 28.9 Å². The number of nitriles is 1. The van der Waals surface area contributed by atoms with Crippen LogP contribution in [0.3, 0.4) is 0 Å². The van der Waals surface area contributed by atoms with Crippen molar-refractivity contribution in [1.82, 2.24) is 15.3 Å². The molecular weight excluding hydrogens is 580 g/mol. The standard InChI is InChI=1S/C28H21ClF4N6O3/c29-21-4-2-1-3-20(21)23(24(41)36-19-12-27(32,33)13-19)28(25(42)37-18-10-15(30)9-16(31)11-18)7-5-22(40)39(28)26-35-8-6-17(14-34)38-26/h1-4,6,8-11,19,23H,5,7,12-13H2,(H,36,41)(H,37,42)/t23-,28?/m1/s1. The number of hydrogen-bond donors (Lipinski definition) is 2. The summed E-state index contributed by atoms with van der Waals surface area (Å²) in [5.41, 5.74) is -2.63. The van der Waals surface area contributed by atoms with Crippen molar-refractivity contribution in [3.8, 4) is 6.07 Å². The molecular formula is C28H21ClF4N6O3. The number of aromatic nitrogens is 2. The summed E-state index contributed by atoms with van der Waals surface area (Å²) >= 11 is 6.51. The lowest BCUT2D eigenvalue weighted by atomic mass is 9.75. The van der Waals surface area contributed by atoms with E-state index in [0.29, 0.717) is 6.07 Å². The van der Waals surface area contributed by atoms with Crippen LogP contribution in [0.25, 0.3) is 0 Å². The van der Waals surface area contributed by atoms with Gasteiger partial charge in [0.15, 0.2) is 0 Å². The average Bonchev–Trinajstić information content (AvgIpc) is 3.25. The molecule has 1 saturated heterocycles. The summed E-state index contributed by atoms with van der Waals surface area (Å²) in [5.74, 6) is -9.67. The van der Waals surface area contributed by atoms with Crippen molar-refractivity contribution in [1.29, 1.82) is 5.26 Å². The minimum Gasteiger partial charge on any atom is -0.352 e. The number of rotatable bonds is 7. The first kappa shape index (κ1) is 28.9. The molecule has 42 heavy (non-hydrogen) atoms. The second-order valence-corrected chi connectivity index (χ2v) is 10.5. The van der Waals surface area contributed by atoms with Gasteiger partial charge in [-0.25, -0.2) is 27.5 Å². The molecule has 2 N–H and O–H groups in total. The van der Waals surface area contributed by atoms with Gasteiger partial charge in [-0.1, -0.05) is 29.8 Å². The number of alkyl halides is 2. The maximum atomic E-state index is 14.3. The predicted molar refractivity (Wildman–Crippen MR) is 141 cm³/mol. The van der Waals surface area contributed by atoms with E-state index in [4.69, 9.17) is 11.6 Å². The predicted octanol–water partition coefficient (Wildman–Crippen LogP) is 4.48. The van der Waals surface area contributed by atoms with Crippen molar-refractivity contribution in [2.24, 2.45) is 0 Å². The molecule has 2 atom stereocenters. The number of hydrogen-bond acceptors (Lipinski definition) is 6. The van der Waals surface area contributed by atoms with Crippen LogP contribution in [0.15, 0.2) is 54.7 Å². The van der Waals surface area contributed by atoms with Crippen molar-refractivity contribution in [3.63, 3.8) is 0 Å². The Balaban J connectivity index is 1.70. The third-order valence-corrected chi connectivity index (χ3v) is 7.58.